The zero-order valence-electron chi connectivity index (χ0n) is 11.6. The van der Waals surface area contributed by atoms with Gasteiger partial charge in [0.15, 0.2) is 0 Å². The second-order valence-corrected chi connectivity index (χ2v) is 4.30. The molecule has 2 N–H and O–H groups in total. The van der Waals surface area contributed by atoms with E-state index in [4.69, 9.17) is 9.84 Å². The van der Waals surface area contributed by atoms with E-state index in [2.05, 4.69) is 10.3 Å². The van der Waals surface area contributed by atoms with Gasteiger partial charge >= 0.3 is 12.0 Å². The zero-order chi connectivity index (χ0) is 15.0. The van der Waals surface area contributed by atoms with Crippen LogP contribution < -0.4 is 5.32 Å². The maximum absolute atomic E-state index is 11.7. The lowest BCUT2D eigenvalue weighted by molar-refractivity contribution is -0.142. The molecule has 0 spiro atoms. The van der Waals surface area contributed by atoms with Crippen LogP contribution in [0.3, 0.4) is 0 Å². The van der Waals surface area contributed by atoms with Gasteiger partial charge in [-0.05, 0) is 19.1 Å². The van der Waals surface area contributed by atoms with Crippen molar-refractivity contribution in [2.75, 3.05) is 26.8 Å². The topological polar surface area (TPSA) is 91.8 Å². The summed E-state index contributed by atoms with van der Waals surface area (Å²) < 4.78 is 4.81. The standard InChI is InChI=1S/C13H19N3O4/c1-10-4-3-5-11(15-10)8-16(2)13(19)14-6-7-20-9-12(17)18/h3-5H,6-9H2,1-2H3,(H,14,19)(H,17,18). The Hall–Kier alpha value is -2.15. The molecular weight excluding hydrogens is 262 g/mol. The third-order valence-corrected chi connectivity index (χ3v) is 2.44. The third-order valence-electron chi connectivity index (χ3n) is 2.44. The molecule has 1 heterocycles. The SMILES string of the molecule is Cc1cccc(CN(C)C(=O)NCCOCC(=O)O)n1. The number of carboxylic acid groups (broad SMARTS) is 1. The first-order valence-corrected chi connectivity index (χ1v) is 6.20. The van der Waals surface area contributed by atoms with Crippen LogP contribution in [0.2, 0.25) is 0 Å². The summed E-state index contributed by atoms with van der Waals surface area (Å²) in [4.78, 5) is 27.8. The molecule has 0 saturated carbocycles. The number of aromatic nitrogens is 1. The average Bonchev–Trinajstić information content (AvgIpc) is 2.37. The predicted octanol–water partition coefficient (Wildman–Crippen LogP) is 0.633. The number of carbonyl (C=O) groups is 2. The molecule has 7 heteroatoms. The third kappa shape index (κ3) is 6.14. The molecule has 0 radical (unpaired) electrons. The van der Waals surface area contributed by atoms with E-state index < -0.39 is 5.97 Å². The van der Waals surface area contributed by atoms with Gasteiger partial charge in [-0.25, -0.2) is 9.59 Å². The number of rotatable bonds is 7. The molecule has 1 aromatic rings. The molecule has 7 nitrogen and oxygen atoms in total. The van der Waals surface area contributed by atoms with Crippen LogP contribution in [0.5, 0.6) is 0 Å². The lowest BCUT2D eigenvalue weighted by Gasteiger charge is -2.17. The first-order valence-electron chi connectivity index (χ1n) is 6.20. The first kappa shape index (κ1) is 15.9. The highest BCUT2D eigenvalue weighted by Gasteiger charge is 2.09. The van der Waals surface area contributed by atoms with Crippen LogP contribution >= 0.6 is 0 Å². The number of nitrogens with one attached hydrogen (secondary N) is 1. The molecule has 110 valence electrons. The van der Waals surface area contributed by atoms with Gasteiger partial charge in [-0.1, -0.05) is 6.07 Å². The Morgan fingerprint density at radius 3 is 2.85 bits per heavy atom. The summed E-state index contributed by atoms with van der Waals surface area (Å²) in [6.45, 7) is 2.36. The normalized spacial score (nSPS) is 10.1. The molecule has 0 aromatic carbocycles. The Balaban J connectivity index is 2.27. The second-order valence-electron chi connectivity index (χ2n) is 4.30. The number of carboxylic acids is 1. The summed E-state index contributed by atoms with van der Waals surface area (Å²) in [5, 5.41) is 11.0. The fourth-order valence-corrected chi connectivity index (χ4v) is 1.53. The predicted molar refractivity (Wildman–Crippen MR) is 72.3 cm³/mol. The van der Waals surface area contributed by atoms with E-state index in [1.807, 2.05) is 25.1 Å². The number of aliphatic carboxylic acids is 1. The summed E-state index contributed by atoms with van der Waals surface area (Å²) in [6, 6.07) is 5.38. The van der Waals surface area contributed by atoms with Crippen molar-refractivity contribution >= 4 is 12.0 Å². The van der Waals surface area contributed by atoms with E-state index in [9.17, 15) is 9.59 Å². The minimum Gasteiger partial charge on any atom is -0.480 e. The molecule has 2 amide bonds. The highest BCUT2D eigenvalue weighted by molar-refractivity contribution is 5.73. The molecule has 0 unspecified atom stereocenters. The maximum atomic E-state index is 11.7. The van der Waals surface area contributed by atoms with Crippen molar-refractivity contribution in [3.63, 3.8) is 0 Å². The van der Waals surface area contributed by atoms with Gasteiger partial charge in [-0.3, -0.25) is 4.98 Å². The molecule has 0 aliphatic heterocycles. The molecule has 0 atom stereocenters. The zero-order valence-corrected chi connectivity index (χ0v) is 11.6. The minimum absolute atomic E-state index is 0.161. The monoisotopic (exact) mass is 281 g/mol. The largest absolute Gasteiger partial charge is 0.480 e. The Labute approximate surface area is 117 Å². The van der Waals surface area contributed by atoms with E-state index >= 15 is 0 Å². The molecule has 1 aromatic heterocycles. The van der Waals surface area contributed by atoms with E-state index in [-0.39, 0.29) is 25.8 Å². The molecule has 1 rings (SSSR count). The van der Waals surface area contributed by atoms with Crippen LogP contribution in [0.15, 0.2) is 18.2 Å². The molecule has 0 bridgehead atoms. The van der Waals surface area contributed by atoms with Gasteiger partial charge < -0.3 is 20.1 Å². The van der Waals surface area contributed by atoms with Gasteiger partial charge in [-0.2, -0.15) is 0 Å². The first-order chi connectivity index (χ1) is 9.49. The van der Waals surface area contributed by atoms with Crippen LogP contribution in [0.1, 0.15) is 11.4 Å². The van der Waals surface area contributed by atoms with Crippen LogP contribution in [0.4, 0.5) is 4.79 Å². The molecule has 20 heavy (non-hydrogen) atoms. The summed E-state index contributed by atoms with van der Waals surface area (Å²) in [5.41, 5.74) is 1.71. The fraction of sp³-hybridized carbons (Fsp3) is 0.462. The van der Waals surface area contributed by atoms with Crippen LogP contribution in [-0.4, -0.2) is 53.8 Å². The van der Waals surface area contributed by atoms with Crippen molar-refractivity contribution in [3.05, 3.63) is 29.6 Å². The number of ether oxygens (including phenoxy) is 1. The molecular formula is C13H19N3O4. The highest BCUT2D eigenvalue weighted by Crippen LogP contribution is 2.01. The number of aryl methyl sites for hydroxylation is 1. The number of pyridine rings is 1. The second kappa shape index (κ2) is 8.11. The van der Waals surface area contributed by atoms with Crippen molar-refractivity contribution in [1.29, 1.82) is 0 Å². The van der Waals surface area contributed by atoms with E-state index in [0.717, 1.165) is 11.4 Å². The Morgan fingerprint density at radius 2 is 2.20 bits per heavy atom. The molecule has 0 aliphatic carbocycles. The fourth-order valence-electron chi connectivity index (χ4n) is 1.53. The van der Waals surface area contributed by atoms with Gasteiger partial charge in [0.25, 0.3) is 0 Å². The van der Waals surface area contributed by atoms with Gasteiger partial charge in [0.1, 0.15) is 6.61 Å². The van der Waals surface area contributed by atoms with E-state index in [0.29, 0.717) is 6.54 Å². The van der Waals surface area contributed by atoms with Gasteiger partial charge in [0, 0.05) is 19.3 Å². The lowest BCUT2D eigenvalue weighted by Crippen LogP contribution is -2.38. The minimum atomic E-state index is -1.03. The molecule has 0 fully saturated rings. The van der Waals surface area contributed by atoms with E-state index in [1.165, 1.54) is 4.90 Å². The average molecular weight is 281 g/mol. The van der Waals surface area contributed by atoms with Gasteiger partial charge in [0.2, 0.25) is 0 Å². The Kier molecular flexibility index (Phi) is 6.45. The summed E-state index contributed by atoms with van der Waals surface area (Å²) >= 11 is 0. The number of hydrogen-bond acceptors (Lipinski definition) is 4. The summed E-state index contributed by atoms with van der Waals surface area (Å²) in [5.74, 6) is -1.03. The molecule has 0 aliphatic rings. The maximum Gasteiger partial charge on any atom is 0.329 e. The smallest absolute Gasteiger partial charge is 0.329 e. The number of nitrogens with zero attached hydrogens (tertiary/aromatic N) is 2. The van der Waals surface area contributed by atoms with Gasteiger partial charge in [-0.15, -0.1) is 0 Å². The molecule has 0 saturated heterocycles. The van der Waals surface area contributed by atoms with Crippen molar-refractivity contribution < 1.29 is 19.4 Å². The number of urea groups is 1. The highest BCUT2D eigenvalue weighted by atomic mass is 16.5. The number of carbonyl (C=O) groups excluding carboxylic acids is 1. The van der Waals surface area contributed by atoms with Crippen molar-refractivity contribution in [3.8, 4) is 0 Å². The number of hydrogen-bond donors (Lipinski definition) is 2. The number of amides is 2. The summed E-state index contributed by atoms with van der Waals surface area (Å²) in [6.07, 6.45) is 0. The lowest BCUT2D eigenvalue weighted by atomic mass is 10.3. The van der Waals surface area contributed by atoms with E-state index in [1.54, 1.807) is 7.05 Å². The van der Waals surface area contributed by atoms with Crippen molar-refractivity contribution in [2.45, 2.75) is 13.5 Å². The van der Waals surface area contributed by atoms with Gasteiger partial charge in [0.05, 0.1) is 18.8 Å². The Morgan fingerprint density at radius 1 is 1.45 bits per heavy atom. The van der Waals surface area contributed by atoms with Crippen molar-refractivity contribution in [2.24, 2.45) is 0 Å². The van der Waals surface area contributed by atoms with Crippen molar-refractivity contribution in [1.82, 2.24) is 15.2 Å². The summed E-state index contributed by atoms with van der Waals surface area (Å²) in [7, 11) is 1.66. The Bertz CT molecular complexity index is 465. The van der Waals surface area contributed by atoms with Crippen LogP contribution in [0, 0.1) is 6.92 Å². The van der Waals surface area contributed by atoms with Crippen LogP contribution in [-0.2, 0) is 16.1 Å². The van der Waals surface area contributed by atoms with Crippen LogP contribution in [0.25, 0.3) is 0 Å². The quantitative estimate of drug-likeness (QED) is 0.715.